The van der Waals surface area contributed by atoms with Crippen LogP contribution in [-0.2, 0) is 4.79 Å². The lowest BCUT2D eigenvalue weighted by Gasteiger charge is -2.33. The highest BCUT2D eigenvalue weighted by Gasteiger charge is 2.28. The van der Waals surface area contributed by atoms with E-state index in [4.69, 9.17) is 5.11 Å². The average Bonchev–Trinajstić information content (AvgIpc) is 2.35. The van der Waals surface area contributed by atoms with Crippen LogP contribution in [0.4, 0.5) is 10.5 Å². The molecule has 19 heavy (non-hydrogen) atoms. The zero-order valence-corrected chi connectivity index (χ0v) is 11.1. The first-order valence-electron chi connectivity index (χ1n) is 6.32. The maximum absolute atomic E-state index is 12.0. The van der Waals surface area contributed by atoms with Crippen LogP contribution in [0.3, 0.4) is 0 Å². The van der Waals surface area contributed by atoms with Gasteiger partial charge in [-0.2, -0.15) is 0 Å². The number of carboxylic acid groups (broad SMARTS) is 1. The van der Waals surface area contributed by atoms with Crippen LogP contribution < -0.4 is 10.2 Å². The van der Waals surface area contributed by atoms with Crippen LogP contribution in [0.15, 0.2) is 18.2 Å². The number of carbonyl (C=O) groups is 2. The molecule has 1 aliphatic heterocycles. The third-order valence-electron chi connectivity index (χ3n) is 3.56. The van der Waals surface area contributed by atoms with Crippen LogP contribution in [0.25, 0.3) is 0 Å². The largest absolute Gasteiger partial charge is 0.481 e. The number of nitrogens with zero attached hydrogens (tertiary/aromatic N) is 1. The number of aryl methyl sites for hydroxylation is 1. The van der Waals surface area contributed by atoms with Crippen molar-refractivity contribution in [3.05, 3.63) is 29.3 Å². The van der Waals surface area contributed by atoms with E-state index in [0.717, 1.165) is 16.8 Å². The molecule has 0 radical (unpaired) electrons. The van der Waals surface area contributed by atoms with Crippen LogP contribution in [-0.4, -0.2) is 30.2 Å². The number of urea groups is 1. The second kappa shape index (κ2) is 5.30. The minimum absolute atomic E-state index is 0.0601. The monoisotopic (exact) mass is 262 g/mol. The lowest BCUT2D eigenvalue weighted by molar-refractivity contribution is -0.138. The molecule has 0 aromatic heterocycles. The van der Waals surface area contributed by atoms with Gasteiger partial charge in [0.25, 0.3) is 0 Å². The Hall–Kier alpha value is -2.04. The standard InChI is InChI=1S/C14H18N2O3/c1-9-4-3-5-12(10(9)2)16-8-11(6-13(17)18)7-15-14(16)19/h3-5,11H,6-8H2,1-2H3,(H,15,19)(H,17,18). The predicted molar refractivity (Wildman–Crippen MR) is 72.4 cm³/mol. The van der Waals surface area contributed by atoms with Gasteiger partial charge in [-0.3, -0.25) is 9.69 Å². The summed E-state index contributed by atoms with van der Waals surface area (Å²) in [5, 5.41) is 11.6. The van der Waals surface area contributed by atoms with Gasteiger partial charge in [-0.25, -0.2) is 4.79 Å². The lowest BCUT2D eigenvalue weighted by atomic mass is 10.0. The summed E-state index contributed by atoms with van der Waals surface area (Å²) in [4.78, 5) is 24.4. The number of nitrogens with one attached hydrogen (secondary N) is 1. The summed E-state index contributed by atoms with van der Waals surface area (Å²) < 4.78 is 0. The molecule has 1 fully saturated rings. The highest BCUT2D eigenvalue weighted by molar-refractivity contribution is 5.93. The normalized spacial score (nSPS) is 19.2. The topological polar surface area (TPSA) is 69.6 Å². The smallest absolute Gasteiger partial charge is 0.321 e. The first kappa shape index (κ1) is 13.4. The fourth-order valence-electron chi connectivity index (χ4n) is 2.35. The van der Waals surface area contributed by atoms with Crippen molar-refractivity contribution >= 4 is 17.7 Å². The number of hydrogen-bond donors (Lipinski definition) is 2. The Balaban J connectivity index is 2.23. The van der Waals surface area contributed by atoms with Crippen LogP contribution in [0.5, 0.6) is 0 Å². The van der Waals surface area contributed by atoms with Crippen molar-refractivity contribution in [3.8, 4) is 0 Å². The number of aliphatic carboxylic acids is 1. The number of benzene rings is 1. The minimum Gasteiger partial charge on any atom is -0.481 e. The Bertz CT molecular complexity index is 513. The Morgan fingerprint density at radius 1 is 1.47 bits per heavy atom. The van der Waals surface area contributed by atoms with Gasteiger partial charge in [0.15, 0.2) is 0 Å². The fourth-order valence-corrected chi connectivity index (χ4v) is 2.35. The number of anilines is 1. The molecular weight excluding hydrogens is 244 g/mol. The molecular formula is C14H18N2O3. The van der Waals surface area contributed by atoms with Crippen LogP contribution in [0.1, 0.15) is 17.5 Å². The number of carbonyl (C=O) groups excluding carboxylic acids is 1. The summed E-state index contributed by atoms with van der Waals surface area (Å²) in [5.74, 6) is -0.892. The molecule has 0 saturated carbocycles. The van der Waals surface area contributed by atoms with Crippen molar-refractivity contribution in [1.82, 2.24) is 5.32 Å². The zero-order chi connectivity index (χ0) is 14.0. The van der Waals surface area contributed by atoms with E-state index in [1.54, 1.807) is 4.90 Å². The van der Waals surface area contributed by atoms with E-state index in [1.165, 1.54) is 0 Å². The molecule has 102 valence electrons. The van der Waals surface area contributed by atoms with Gasteiger partial charge in [0, 0.05) is 24.7 Å². The molecule has 1 saturated heterocycles. The van der Waals surface area contributed by atoms with E-state index in [9.17, 15) is 9.59 Å². The molecule has 1 aromatic rings. The third kappa shape index (κ3) is 2.86. The maximum Gasteiger partial charge on any atom is 0.321 e. The summed E-state index contributed by atoms with van der Waals surface area (Å²) in [6.45, 7) is 4.84. The van der Waals surface area contributed by atoms with Gasteiger partial charge in [0.05, 0.1) is 6.42 Å². The SMILES string of the molecule is Cc1cccc(N2CC(CC(=O)O)CNC2=O)c1C. The molecule has 1 aromatic carbocycles. The molecule has 0 spiro atoms. The molecule has 1 atom stereocenters. The van der Waals surface area contributed by atoms with Crippen molar-refractivity contribution in [1.29, 1.82) is 0 Å². The zero-order valence-electron chi connectivity index (χ0n) is 11.1. The van der Waals surface area contributed by atoms with Crippen LogP contribution in [0, 0.1) is 19.8 Å². The highest BCUT2D eigenvalue weighted by atomic mass is 16.4. The molecule has 0 bridgehead atoms. The molecule has 2 amide bonds. The molecule has 2 N–H and O–H groups in total. The lowest BCUT2D eigenvalue weighted by Crippen LogP contribution is -2.52. The van der Waals surface area contributed by atoms with E-state index in [-0.39, 0.29) is 18.4 Å². The van der Waals surface area contributed by atoms with Gasteiger partial charge in [-0.05, 0) is 31.0 Å². The average molecular weight is 262 g/mol. The second-order valence-electron chi connectivity index (χ2n) is 4.98. The van der Waals surface area contributed by atoms with Crippen LogP contribution >= 0.6 is 0 Å². The highest BCUT2D eigenvalue weighted by Crippen LogP contribution is 2.25. The summed E-state index contributed by atoms with van der Waals surface area (Å²) in [5.41, 5.74) is 3.02. The fraction of sp³-hybridized carbons (Fsp3) is 0.429. The summed E-state index contributed by atoms with van der Waals surface area (Å²) in [7, 11) is 0. The number of amides is 2. The van der Waals surface area contributed by atoms with Crippen molar-refractivity contribution in [3.63, 3.8) is 0 Å². The molecule has 1 unspecified atom stereocenters. The van der Waals surface area contributed by atoms with Crippen molar-refractivity contribution in [2.24, 2.45) is 5.92 Å². The number of rotatable bonds is 3. The van der Waals surface area contributed by atoms with E-state index >= 15 is 0 Å². The first-order chi connectivity index (χ1) is 8.99. The predicted octanol–water partition coefficient (Wildman–Crippen LogP) is 1.92. The van der Waals surface area contributed by atoms with E-state index in [1.807, 2.05) is 32.0 Å². The van der Waals surface area contributed by atoms with E-state index in [2.05, 4.69) is 5.32 Å². The first-order valence-corrected chi connectivity index (χ1v) is 6.32. The van der Waals surface area contributed by atoms with Gasteiger partial charge >= 0.3 is 12.0 Å². The van der Waals surface area contributed by atoms with Crippen LogP contribution in [0.2, 0.25) is 0 Å². The van der Waals surface area contributed by atoms with Gasteiger partial charge in [0.1, 0.15) is 0 Å². The molecule has 2 rings (SSSR count). The van der Waals surface area contributed by atoms with E-state index in [0.29, 0.717) is 13.1 Å². The Morgan fingerprint density at radius 2 is 2.21 bits per heavy atom. The molecule has 1 aliphatic rings. The molecule has 5 nitrogen and oxygen atoms in total. The molecule has 5 heteroatoms. The quantitative estimate of drug-likeness (QED) is 0.874. The number of hydrogen-bond acceptors (Lipinski definition) is 2. The van der Waals surface area contributed by atoms with E-state index < -0.39 is 5.97 Å². The molecule has 0 aliphatic carbocycles. The summed E-state index contributed by atoms with van der Waals surface area (Å²) in [6, 6.07) is 5.64. The Morgan fingerprint density at radius 3 is 2.89 bits per heavy atom. The van der Waals surface area contributed by atoms with Gasteiger partial charge in [-0.15, -0.1) is 0 Å². The second-order valence-corrected chi connectivity index (χ2v) is 4.98. The Labute approximate surface area is 112 Å². The number of carboxylic acids is 1. The minimum atomic E-state index is -0.831. The summed E-state index contributed by atoms with van der Waals surface area (Å²) >= 11 is 0. The van der Waals surface area contributed by atoms with Gasteiger partial charge in [0.2, 0.25) is 0 Å². The maximum atomic E-state index is 12.0. The summed E-state index contributed by atoms with van der Waals surface area (Å²) in [6.07, 6.45) is 0.0711. The third-order valence-corrected chi connectivity index (χ3v) is 3.56. The van der Waals surface area contributed by atoms with Crippen molar-refractivity contribution in [2.45, 2.75) is 20.3 Å². The Kier molecular flexibility index (Phi) is 3.74. The van der Waals surface area contributed by atoms with Gasteiger partial charge < -0.3 is 10.4 Å². The van der Waals surface area contributed by atoms with Crippen molar-refractivity contribution < 1.29 is 14.7 Å². The van der Waals surface area contributed by atoms with Gasteiger partial charge in [-0.1, -0.05) is 12.1 Å². The molecule has 1 heterocycles. The van der Waals surface area contributed by atoms with Crippen molar-refractivity contribution in [2.75, 3.05) is 18.0 Å².